The smallest absolute Gasteiger partial charge is 0.416 e. The quantitative estimate of drug-likeness (QED) is 0.613. The molecule has 1 aliphatic rings. The minimum absolute atomic E-state index is 0.150. The number of hydrogen-bond donors (Lipinski definition) is 2. The molecule has 2 aromatic carbocycles. The third kappa shape index (κ3) is 6.38. The molecule has 3 rings (SSSR count). The second kappa shape index (κ2) is 9.81. The summed E-state index contributed by atoms with van der Waals surface area (Å²) in [7, 11) is -4.11. The lowest BCUT2D eigenvalue weighted by Crippen LogP contribution is -2.43. The van der Waals surface area contributed by atoms with E-state index in [0.29, 0.717) is 5.75 Å². The van der Waals surface area contributed by atoms with E-state index in [9.17, 15) is 26.4 Å². The maximum Gasteiger partial charge on any atom is 0.416 e. The molecule has 0 saturated heterocycles. The number of nitrogens with one attached hydrogen (secondary N) is 2. The lowest BCUT2D eigenvalue weighted by molar-refractivity contribution is -0.137. The van der Waals surface area contributed by atoms with E-state index in [4.69, 9.17) is 4.74 Å². The second-order valence-electron chi connectivity index (χ2n) is 7.76. The van der Waals surface area contributed by atoms with Crippen LogP contribution in [0.3, 0.4) is 0 Å². The molecule has 2 N–H and O–H groups in total. The zero-order valence-corrected chi connectivity index (χ0v) is 18.3. The van der Waals surface area contributed by atoms with Crippen LogP contribution in [0.2, 0.25) is 0 Å². The Balaban J connectivity index is 1.62. The number of ether oxygens (including phenoxy) is 1. The molecule has 0 aromatic heterocycles. The van der Waals surface area contributed by atoms with Gasteiger partial charge in [-0.15, -0.1) is 0 Å². The topological polar surface area (TPSA) is 84.5 Å². The van der Waals surface area contributed by atoms with Gasteiger partial charge in [0, 0.05) is 11.7 Å². The third-order valence-electron chi connectivity index (χ3n) is 5.21. The fraction of sp³-hybridized carbons (Fsp3) is 0.409. The monoisotopic (exact) mass is 470 g/mol. The van der Waals surface area contributed by atoms with Gasteiger partial charge < -0.3 is 10.1 Å². The molecule has 1 aliphatic carbocycles. The van der Waals surface area contributed by atoms with Crippen molar-refractivity contribution in [2.45, 2.75) is 62.2 Å². The van der Waals surface area contributed by atoms with E-state index >= 15 is 0 Å². The molecule has 0 spiro atoms. The van der Waals surface area contributed by atoms with Crippen molar-refractivity contribution in [3.63, 3.8) is 0 Å². The predicted molar refractivity (Wildman–Crippen MR) is 114 cm³/mol. The summed E-state index contributed by atoms with van der Waals surface area (Å²) >= 11 is 0. The van der Waals surface area contributed by atoms with Crippen molar-refractivity contribution >= 4 is 21.6 Å². The zero-order valence-electron chi connectivity index (χ0n) is 17.5. The van der Waals surface area contributed by atoms with Crippen molar-refractivity contribution in [3.05, 3.63) is 54.1 Å². The summed E-state index contributed by atoms with van der Waals surface area (Å²) in [5, 5.41) is 2.97. The average molecular weight is 471 g/mol. The molecule has 0 aliphatic heterocycles. The normalized spacial score (nSPS) is 16.2. The Kier molecular flexibility index (Phi) is 7.33. The largest absolute Gasteiger partial charge is 0.481 e. The van der Waals surface area contributed by atoms with Crippen LogP contribution in [0, 0.1) is 0 Å². The first-order valence-electron chi connectivity index (χ1n) is 10.3. The van der Waals surface area contributed by atoms with Gasteiger partial charge in [0.25, 0.3) is 15.9 Å². The van der Waals surface area contributed by atoms with E-state index in [-0.39, 0.29) is 22.5 Å². The number of anilines is 1. The Morgan fingerprint density at radius 1 is 1.06 bits per heavy atom. The third-order valence-corrected chi connectivity index (χ3v) is 6.61. The SMILES string of the molecule is C[C@@H](Oc1ccc(S(=O)(=O)Nc2cccc(C(F)(F)F)c2)cc1)C(=O)NC1CCCCC1. The van der Waals surface area contributed by atoms with Crippen molar-refractivity contribution in [2.24, 2.45) is 0 Å². The van der Waals surface area contributed by atoms with Crippen LogP contribution in [-0.4, -0.2) is 26.5 Å². The average Bonchev–Trinajstić information content (AvgIpc) is 2.74. The Bertz CT molecular complexity index is 1030. The molecular formula is C22H25F3N2O4S. The van der Waals surface area contributed by atoms with E-state index in [1.807, 2.05) is 0 Å². The van der Waals surface area contributed by atoms with Gasteiger partial charge in [0.1, 0.15) is 5.75 Å². The first-order chi connectivity index (χ1) is 15.0. The van der Waals surface area contributed by atoms with Crippen LogP contribution in [0.4, 0.5) is 18.9 Å². The molecule has 0 radical (unpaired) electrons. The number of carbonyl (C=O) groups is 1. The number of carbonyl (C=O) groups excluding carboxylic acids is 1. The second-order valence-corrected chi connectivity index (χ2v) is 9.44. The van der Waals surface area contributed by atoms with Crippen molar-refractivity contribution in [1.82, 2.24) is 5.32 Å². The highest BCUT2D eigenvalue weighted by Gasteiger charge is 2.30. The lowest BCUT2D eigenvalue weighted by atomic mass is 9.95. The Morgan fingerprint density at radius 3 is 2.34 bits per heavy atom. The number of sulfonamides is 1. The maximum absolute atomic E-state index is 12.8. The number of alkyl halides is 3. The number of benzene rings is 2. The number of hydrogen-bond acceptors (Lipinski definition) is 4. The molecule has 10 heteroatoms. The molecule has 32 heavy (non-hydrogen) atoms. The van der Waals surface area contributed by atoms with Crippen LogP contribution >= 0.6 is 0 Å². The van der Waals surface area contributed by atoms with E-state index in [1.54, 1.807) is 6.92 Å². The summed E-state index contributed by atoms with van der Waals surface area (Å²) < 4.78 is 71.3. The molecule has 6 nitrogen and oxygen atoms in total. The molecule has 1 saturated carbocycles. The van der Waals surface area contributed by atoms with Crippen LogP contribution in [0.1, 0.15) is 44.6 Å². The minimum atomic E-state index is -4.58. The van der Waals surface area contributed by atoms with E-state index < -0.39 is 27.9 Å². The van der Waals surface area contributed by atoms with E-state index in [0.717, 1.165) is 43.9 Å². The molecule has 0 heterocycles. The fourth-order valence-corrected chi connectivity index (χ4v) is 4.54. The molecular weight excluding hydrogens is 445 g/mol. The summed E-state index contributed by atoms with van der Waals surface area (Å²) in [5.74, 6) is 0.0640. The first-order valence-corrected chi connectivity index (χ1v) is 11.8. The van der Waals surface area contributed by atoms with Crippen LogP contribution in [-0.2, 0) is 21.0 Å². The maximum atomic E-state index is 12.8. The summed E-state index contributed by atoms with van der Waals surface area (Å²) in [5.41, 5.74) is -1.16. The van der Waals surface area contributed by atoms with Gasteiger partial charge >= 0.3 is 6.18 Å². The highest BCUT2D eigenvalue weighted by Crippen LogP contribution is 2.31. The Morgan fingerprint density at radius 2 is 1.72 bits per heavy atom. The van der Waals surface area contributed by atoms with Gasteiger partial charge in [-0.1, -0.05) is 25.3 Å². The zero-order chi connectivity index (χ0) is 23.4. The minimum Gasteiger partial charge on any atom is -0.481 e. The van der Waals surface area contributed by atoms with Gasteiger partial charge in [-0.05, 0) is 62.2 Å². The molecule has 0 unspecified atom stereocenters. The molecule has 1 fully saturated rings. The van der Waals surface area contributed by atoms with Gasteiger partial charge in [0.2, 0.25) is 0 Å². The van der Waals surface area contributed by atoms with Crippen LogP contribution in [0.5, 0.6) is 5.75 Å². The van der Waals surface area contributed by atoms with E-state index in [1.165, 1.54) is 36.8 Å². The first kappa shape index (κ1) is 23.9. The van der Waals surface area contributed by atoms with Crippen LogP contribution < -0.4 is 14.8 Å². The fourth-order valence-electron chi connectivity index (χ4n) is 3.49. The highest BCUT2D eigenvalue weighted by atomic mass is 32.2. The molecule has 1 amide bonds. The van der Waals surface area contributed by atoms with Crippen molar-refractivity contribution in [3.8, 4) is 5.75 Å². The van der Waals surface area contributed by atoms with Gasteiger partial charge in [-0.25, -0.2) is 8.42 Å². The number of halogens is 3. The highest BCUT2D eigenvalue weighted by molar-refractivity contribution is 7.92. The summed E-state index contributed by atoms with van der Waals surface area (Å²) in [6, 6.07) is 9.40. The van der Waals surface area contributed by atoms with Gasteiger partial charge in [-0.3, -0.25) is 9.52 Å². The standard InChI is InChI=1S/C22H25F3N2O4S/c1-15(21(28)26-17-7-3-2-4-8-17)31-19-10-12-20(13-11-19)32(29,30)27-18-9-5-6-16(14-18)22(23,24)25/h5-6,9-15,17,27H,2-4,7-8H2,1H3,(H,26,28)/t15-/m1/s1. The summed E-state index contributed by atoms with van der Waals surface area (Å²) in [6.45, 7) is 1.61. The molecule has 2 aromatic rings. The van der Waals surface area contributed by atoms with Gasteiger partial charge in [-0.2, -0.15) is 13.2 Å². The molecule has 0 bridgehead atoms. The van der Waals surface area contributed by atoms with Gasteiger partial charge in [0.05, 0.1) is 10.5 Å². The van der Waals surface area contributed by atoms with Crippen molar-refractivity contribution in [1.29, 1.82) is 0 Å². The van der Waals surface area contributed by atoms with Crippen LogP contribution in [0.25, 0.3) is 0 Å². The van der Waals surface area contributed by atoms with Crippen LogP contribution in [0.15, 0.2) is 53.4 Å². The lowest BCUT2D eigenvalue weighted by Gasteiger charge is -2.24. The van der Waals surface area contributed by atoms with Gasteiger partial charge in [0.15, 0.2) is 6.10 Å². The van der Waals surface area contributed by atoms with E-state index in [2.05, 4.69) is 10.0 Å². The summed E-state index contributed by atoms with van der Waals surface area (Å²) in [6.07, 6.45) is -0.0950. The number of amides is 1. The van der Waals surface area contributed by atoms with Crippen molar-refractivity contribution < 1.29 is 31.1 Å². The molecule has 174 valence electrons. The number of rotatable bonds is 7. The predicted octanol–water partition coefficient (Wildman–Crippen LogP) is 4.72. The Hall–Kier alpha value is -2.75. The Labute approximate surface area is 185 Å². The summed E-state index contributed by atoms with van der Waals surface area (Å²) in [4.78, 5) is 12.2. The van der Waals surface area contributed by atoms with Crippen molar-refractivity contribution in [2.75, 3.05) is 4.72 Å². The molecule has 1 atom stereocenters.